The Morgan fingerprint density at radius 2 is 2.48 bits per heavy atom. The predicted octanol–water partition coefficient (Wildman–Crippen LogP) is 2.28. The van der Waals surface area contributed by atoms with Gasteiger partial charge in [-0.15, -0.1) is 0 Å². The van der Waals surface area contributed by atoms with Crippen molar-refractivity contribution in [2.24, 2.45) is 0 Å². The van der Waals surface area contributed by atoms with E-state index < -0.39 is 0 Å². The van der Waals surface area contributed by atoms with Gasteiger partial charge in [0.2, 0.25) is 0 Å². The van der Waals surface area contributed by atoms with Gasteiger partial charge in [-0.1, -0.05) is 11.6 Å². The number of hydrogen-bond acceptors (Lipinski definition) is 5. The highest BCUT2D eigenvalue weighted by atomic mass is 35.5. The predicted molar refractivity (Wildman–Crippen MR) is 80.1 cm³/mol. The van der Waals surface area contributed by atoms with Crippen LogP contribution in [0, 0.1) is 0 Å². The third-order valence-electron chi connectivity index (χ3n) is 3.60. The summed E-state index contributed by atoms with van der Waals surface area (Å²) in [6.45, 7) is 2.94. The van der Waals surface area contributed by atoms with Crippen LogP contribution in [-0.4, -0.2) is 48.8 Å². The fourth-order valence-corrected chi connectivity index (χ4v) is 2.61. The molecule has 1 aliphatic heterocycles. The Labute approximate surface area is 130 Å². The van der Waals surface area contributed by atoms with Crippen molar-refractivity contribution in [3.8, 4) is 0 Å². The average molecular weight is 313 g/mol. The SMILES string of the molecule is COC(=O)CCN(Cc1ccncc1Cl)CC1CCCO1. The first kappa shape index (κ1) is 16.2. The smallest absolute Gasteiger partial charge is 0.306 e. The molecule has 0 aromatic carbocycles. The maximum Gasteiger partial charge on any atom is 0.306 e. The van der Waals surface area contributed by atoms with Gasteiger partial charge in [-0.05, 0) is 24.5 Å². The molecule has 116 valence electrons. The van der Waals surface area contributed by atoms with Gasteiger partial charge in [-0.25, -0.2) is 0 Å². The fourth-order valence-electron chi connectivity index (χ4n) is 2.44. The van der Waals surface area contributed by atoms with Crippen molar-refractivity contribution in [3.05, 3.63) is 29.0 Å². The molecule has 6 heteroatoms. The van der Waals surface area contributed by atoms with Crippen molar-refractivity contribution in [2.75, 3.05) is 26.8 Å². The number of pyridine rings is 1. The van der Waals surface area contributed by atoms with Crippen LogP contribution in [0.15, 0.2) is 18.5 Å². The van der Waals surface area contributed by atoms with E-state index in [1.54, 1.807) is 12.4 Å². The van der Waals surface area contributed by atoms with E-state index in [-0.39, 0.29) is 12.1 Å². The van der Waals surface area contributed by atoms with Crippen LogP contribution in [0.2, 0.25) is 5.02 Å². The Morgan fingerprint density at radius 1 is 1.62 bits per heavy atom. The first-order chi connectivity index (χ1) is 10.2. The highest BCUT2D eigenvalue weighted by Crippen LogP contribution is 2.19. The minimum absolute atomic E-state index is 0.201. The Balaban J connectivity index is 1.96. The zero-order valence-corrected chi connectivity index (χ0v) is 13.0. The summed E-state index contributed by atoms with van der Waals surface area (Å²) in [5.41, 5.74) is 1.01. The monoisotopic (exact) mass is 312 g/mol. The molecule has 0 spiro atoms. The molecule has 2 heterocycles. The number of methoxy groups -OCH3 is 1. The molecule has 1 fully saturated rings. The second-order valence-corrected chi connectivity index (χ2v) is 5.57. The van der Waals surface area contributed by atoms with Crippen LogP contribution in [0.25, 0.3) is 0 Å². The number of carbonyl (C=O) groups is 1. The quantitative estimate of drug-likeness (QED) is 0.723. The number of aromatic nitrogens is 1. The number of ether oxygens (including phenoxy) is 2. The molecule has 1 saturated heterocycles. The van der Waals surface area contributed by atoms with E-state index in [4.69, 9.17) is 21.1 Å². The maximum absolute atomic E-state index is 11.4. The third-order valence-corrected chi connectivity index (χ3v) is 3.94. The lowest BCUT2D eigenvalue weighted by atomic mass is 10.2. The molecule has 1 unspecified atom stereocenters. The second kappa shape index (κ2) is 8.32. The Morgan fingerprint density at radius 3 is 3.14 bits per heavy atom. The van der Waals surface area contributed by atoms with Crippen LogP contribution in [0.4, 0.5) is 0 Å². The molecule has 0 saturated carbocycles. The van der Waals surface area contributed by atoms with Crippen LogP contribution in [0.1, 0.15) is 24.8 Å². The third kappa shape index (κ3) is 5.26. The molecule has 0 aliphatic carbocycles. The lowest BCUT2D eigenvalue weighted by molar-refractivity contribution is -0.141. The molecule has 1 aliphatic rings. The topological polar surface area (TPSA) is 51.7 Å². The van der Waals surface area contributed by atoms with Gasteiger partial charge in [0.1, 0.15) is 0 Å². The first-order valence-electron chi connectivity index (χ1n) is 7.18. The van der Waals surface area contributed by atoms with Crippen molar-refractivity contribution in [1.82, 2.24) is 9.88 Å². The first-order valence-corrected chi connectivity index (χ1v) is 7.56. The number of halogens is 1. The molecule has 0 bridgehead atoms. The van der Waals surface area contributed by atoms with Crippen LogP contribution in [0.3, 0.4) is 0 Å². The standard InChI is InChI=1S/C15H21ClN2O3/c1-20-15(19)5-7-18(11-13-3-2-8-21-13)10-12-4-6-17-9-14(12)16/h4,6,9,13H,2-3,5,7-8,10-11H2,1H3. The van der Waals surface area contributed by atoms with Gasteiger partial charge < -0.3 is 9.47 Å². The Bertz CT molecular complexity index is 464. The number of carbonyl (C=O) groups excluding carboxylic acids is 1. The number of nitrogens with zero attached hydrogens (tertiary/aromatic N) is 2. The van der Waals surface area contributed by atoms with Gasteiger partial charge in [-0.3, -0.25) is 14.7 Å². The van der Waals surface area contributed by atoms with Crippen molar-refractivity contribution in [1.29, 1.82) is 0 Å². The van der Waals surface area contributed by atoms with Crippen molar-refractivity contribution in [3.63, 3.8) is 0 Å². The molecular weight excluding hydrogens is 292 g/mol. The van der Waals surface area contributed by atoms with Crippen molar-refractivity contribution in [2.45, 2.75) is 31.9 Å². The van der Waals surface area contributed by atoms with Crippen LogP contribution in [0.5, 0.6) is 0 Å². The summed E-state index contributed by atoms with van der Waals surface area (Å²) in [4.78, 5) is 17.5. The van der Waals surface area contributed by atoms with Crippen LogP contribution < -0.4 is 0 Å². The zero-order valence-electron chi connectivity index (χ0n) is 12.3. The molecule has 0 amide bonds. The highest BCUT2D eigenvalue weighted by molar-refractivity contribution is 6.31. The Kier molecular flexibility index (Phi) is 6.42. The van der Waals surface area contributed by atoms with Gasteiger partial charge in [0.15, 0.2) is 0 Å². The molecule has 21 heavy (non-hydrogen) atoms. The summed E-state index contributed by atoms with van der Waals surface area (Å²) in [5.74, 6) is -0.201. The molecule has 2 rings (SSSR count). The van der Waals surface area contributed by atoms with Gasteiger partial charge in [0.25, 0.3) is 0 Å². The molecule has 0 radical (unpaired) electrons. The fraction of sp³-hybridized carbons (Fsp3) is 0.600. The molecule has 0 N–H and O–H groups in total. The summed E-state index contributed by atoms with van der Waals surface area (Å²) in [6.07, 6.45) is 6.15. The van der Waals surface area contributed by atoms with E-state index in [2.05, 4.69) is 9.88 Å². The summed E-state index contributed by atoms with van der Waals surface area (Å²) >= 11 is 6.16. The summed E-state index contributed by atoms with van der Waals surface area (Å²) in [5, 5.41) is 0.646. The highest BCUT2D eigenvalue weighted by Gasteiger charge is 2.20. The normalized spacial score (nSPS) is 18.1. The van der Waals surface area contributed by atoms with Gasteiger partial charge >= 0.3 is 5.97 Å². The molecule has 5 nitrogen and oxygen atoms in total. The number of rotatable bonds is 7. The molecular formula is C15H21ClN2O3. The summed E-state index contributed by atoms with van der Waals surface area (Å²) < 4.78 is 10.4. The second-order valence-electron chi connectivity index (χ2n) is 5.16. The van der Waals surface area contributed by atoms with E-state index in [0.717, 1.165) is 31.6 Å². The lowest BCUT2D eigenvalue weighted by Crippen LogP contribution is -2.33. The number of hydrogen-bond donors (Lipinski definition) is 0. The number of esters is 1. The lowest BCUT2D eigenvalue weighted by Gasteiger charge is -2.25. The maximum atomic E-state index is 11.4. The van der Waals surface area contributed by atoms with E-state index in [0.29, 0.717) is 24.5 Å². The molecule has 1 aromatic rings. The van der Waals surface area contributed by atoms with Crippen LogP contribution in [-0.2, 0) is 20.8 Å². The minimum atomic E-state index is -0.201. The van der Waals surface area contributed by atoms with E-state index in [9.17, 15) is 4.79 Å². The summed E-state index contributed by atoms with van der Waals surface area (Å²) in [7, 11) is 1.41. The van der Waals surface area contributed by atoms with E-state index >= 15 is 0 Å². The largest absolute Gasteiger partial charge is 0.469 e. The van der Waals surface area contributed by atoms with E-state index in [1.165, 1.54) is 7.11 Å². The van der Waals surface area contributed by atoms with Gasteiger partial charge in [0.05, 0.1) is 24.7 Å². The summed E-state index contributed by atoms with van der Waals surface area (Å²) in [6, 6.07) is 1.91. The zero-order chi connectivity index (χ0) is 15.1. The van der Waals surface area contributed by atoms with Gasteiger partial charge in [0, 0.05) is 38.6 Å². The molecule has 1 atom stereocenters. The van der Waals surface area contributed by atoms with Crippen molar-refractivity contribution < 1.29 is 14.3 Å². The Hall–Kier alpha value is -1.17. The minimum Gasteiger partial charge on any atom is -0.469 e. The van der Waals surface area contributed by atoms with Crippen molar-refractivity contribution >= 4 is 17.6 Å². The van der Waals surface area contributed by atoms with Crippen LogP contribution >= 0.6 is 11.6 Å². The van der Waals surface area contributed by atoms with Gasteiger partial charge in [-0.2, -0.15) is 0 Å². The average Bonchev–Trinajstić information content (AvgIpc) is 2.99. The molecule has 1 aromatic heterocycles. The van der Waals surface area contributed by atoms with E-state index in [1.807, 2.05) is 6.07 Å².